The van der Waals surface area contributed by atoms with Crippen molar-refractivity contribution in [2.24, 2.45) is 0 Å². The van der Waals surface area contributed by atoms with Crippen molar-refractivity contribution in [2.45, 2.75) is 11.3 Å². The van der Waals surface area contributed by atoms with Crippen LogP contribution in [0.4, 0.5) is 18.3 Å². The second kappa shape index (κ2) is 11.1. The maximum absolute atomic E-state index is 11.6. The molecule has 0 fully saturated rings. The molecular weight excluding hydrogens is 417 g/mol. The van der Waals surface area contributed by atoms with Gasteiger partial charge in [0, 0.05) is 12.5 Å². The third-order valence-electron chi connectivity index (χ3n) is 2.70. The lowest BCUT2D eigenvalue weighted by Gasteiger charge is -2.08. The summed E-state index contributed by atoms with van der Waals surface area (Å²) < 4.78 is 38.5. The van der Waals surface area contributed by atoms with Crippen LogP contribution in [0.3, 0.4) is 0 Å². The molecule has 0 atom stereocenters. The molecule has 0 spiro atoms. The number of halogens is 3. The van der Waals surface area contributed by atoms with Crippen LogP contribution in [0.1, 0.15) is 6.30 Å². The van der Waals surface area contributed by atoms with Crippen LogP contribution in [0.2, 0.25) is 0 Å². The van der Waals surface area contributed by atoms with Gasteiger partial charge in [0.25, 0.3) is 0 Å². The van der Waals surface area contributed by atoms with Gasteiger partial charge in [-0.15, -0.1) is 25.8 Å². The van der Waals surface area contributed by atoms with Crippen LogP contribution in [0.5, 0.6) is 5.75 Å². The molecule has 1 aromatic carbocycles. The van der Waals surface area contributed by atoms with Gasteiger partial charge in [-0.25, -0.2) is 4.98 Å². The SMILES string of the molecule is FC(F)(F)Oc1cccc(S)c1.N#Cc1sc(N)nc1-c1ccccn1.O.O.[HH]. The van der Waals surface area contributed by atoms with E-state index in [0.717, 1.165) is 0 Å². The predicted molar refractivity (Wildman–Crippen MR) is 104 cm³/mol. The summed E-state index contributed by atoms with van der Waals surface area (Å²) in [5.41, 5.74) is 6.76. The Morgan fingerprint density at radius 1 is 1.18 bits per heavy atom. The minimum Gasteiger partial charge on any atom is -0.412 e. The summed E-state index contributed by atoms with van der Waals surface area (Å²) in [5.74, 6) is -0.255. The number of anilines is 1. The molecule has 3 rings (SSSR count). The Bertz CT molecular complexity index is 922. The van der Waals surface area contributed by atoms with Crippen molar-refractivity contribution in [1.82, 2.24) is 9.97 Å². The third-order valence-corrected chi connectivity index (χ3v) is 3.77. The predicted octanol–water partition coefficient (Wildman–Crippen LogP) is 3.13. The normalized spacial score (nSPS) is 9.68. The Morgan fingerprint density at radius 2 is 1.89 bits per heavy atom. The topological polar surface area (TPSA) is 148 Å². The number of aromatic nitrogens is 2. The Hall–Kier alpha value is -2.85. The van der Waals surface area contributed by atoms with Gasteiger partial charge in [0.05, 0.1) is 5.69 Å². The van der Waals surface area contributed by atoms with E-state index in [1.165, 1.54) is 29.5 Å². The monoisotopic (exact) mass is 434 g/mol. The summed E-state index contributed by atoms with van der Waals surface area (Å²) >= 11 is 5.03. The van der Waals surface area contributed by atoms with Gasteiger partial charge in [-0.05, 0) is 30.3 Å². The average molecular weight is 434 g/mol. The van der Waals surface area contributed by atoms with Crippen molar-refractivity contribution >= 4 is 29.1 Å². The van der Waals surface area contributed by atoms with Crippen LogP contribution in [0, 0.1) is 11.3 Å². The molecule has 0 aliphatic carbocycles. The zero-order valence-electron chi connectivity index (χ0n) is 13.9. The van der Waals surface area contributed by atoms with Crippen molar-refractivity contribution in [1.29, 1.82) is 5.26 Å². The Morgan fingerprint density at radius 3 is 2.43 bits per heavy atom. The van der Waals surface area contributed by atoms with Gasteiger partial charge in [0.2, 0.25) is 0 Å². The highest BCUT2D eigenvalue weighted by Gasteiger charge is 2.30. The van der Waals surface area contributed by atoms with Crippen LogP contribution in [-0.4, -0.2) is 27.3 Å². The average Bonchev–Trinajstić information content (AvgIpc) is 2.96. The third kappa shape index (κ3) is 7.80. The van der Waals surface area contributed by atoms with Crippen LogP contribution >= 0.6 is 24.0 Å². The number of thiazole rings is 1. The summed E-state index contributed by atoms with van der Waals surface area (Å²) in [6.07, 6.45) is -2.98. The molecule has 6 N–H and O–H groups in total. The van der Waals surface area contributed by atoms with Gasteiger partial charge in [0.15, 0.2) is 5.13 Å². The summed E-state index contributed by atoms with van der Waals surface area (Å²) in [7, 11) is 0. The maximum Gasteiger partial charge on any atom is 0.573 e. The van der Waals surface area contributed by atoms with Gasteiger partial charge in [-0.1, -0.05) is 23.5 Å². The molecule has 3 aromatic rings. The highest BCUT2D eigenvalue weighted by atomic mass is 32.1. The molecule has 0 aliphatic rings. The molecule has 2 heterocycles. The summed E-state index contributed by atoms with van der Waals surface area (Å²) in [6, 6.07) is 12.9. The molecule has 0 radical (unpaired) electrons. The second-order valence-electron chi connectivity index (χ2n) is 4.60. The molecule has 0 unspecified atom stereocenters. The Kier molecular flexibility index (Phi) is 9.97. The number of rotatable bonds is 2. The fraction of sp³-hybridized carbons (Fsp3) is 0.0625. The quantitative estimate of drug-likeness (QED) is 0.595. The van der Waals surface area contributed by atoms with Gasteiger partial charge < -0.3 is 21.4 Å². The molecule has 0 amide bonds. The molecule has 152 valence electrons. The highest BCUT2D eigenvalue weighted by Crippen LogP contribution is 2.27. The number of nitrogen functional groups attached to an aromatic ring is 1. The molecular formula is C16H17F3N4O3S2. The molecule has 7 nitrogen and oxygen atoms in total. The Balaban J connectivity index is 0. The minimum absolute atomic E-state index is 0. The van der Waals surface area contributed by atoms with Crippen LogP contribution in [0.15, 0.2) is 53.6 Å². The second-order valence-corrected chi connectivity index (χ2v) is 6.15. The van der Waals surface area contributed by atoms with Crippen molar-refractivity contribution < 1.29 is 30.3 Å². The lowest BCUT2D eigenvalue weighted by molar-refractivity contribution is -0.274. The summed E-state index contributed by atoms with van der Waals surface area (Å²) in [6.45, 7) is 0. The standard InChI is InChI=1S/C9H6N4S.C7H5F3OS.2H2O.H2/c10-5-7-8(13-9(11)14-7)6-3-1-2-4-12-6;8-7(9,10)11-5-2-1-3-6(12)4-5;;;/h1-4H,(H2,11,13);1-4,12H;2*1H2;1H. The maximum atomic E-state index is 11.6. The first-order chi connectivity index (χ1) is 12.3. The number of benzene rings is 1. The molecule has 28 heavy (non-hydrogen) atoms. The number of thiol groups is 1. The number of nitriles is 1. The number of pyridine rings is 1. The van der Waals surface area contributed by atoms with Crippen molar-refractivity contribution in [2.75, 3.05) is 5.73 Å². The fourth-order valence-corrected chi connectivity index (χ4v) is 2.62. The van der Waals surface area contributed by atoms with E-state index in [1.54, 1.807) is 18.3 Å². The van der Waals surface area contributed by atoms with Crippen molar-refractivity contribution in [3.63, 3.8) is 0 Å². The molecule has 2 aromatic heterocycles. The largest absolute Gasteiger partial charge is 0.573 e. The molecule has 12 heteroatoms. The summed E-state index contributed by atoms with van der Waals surface area (Å²) in [5, 5.41) is 9.22. The molecule has 0 saturated heterocycles. The highest BCUT2D eigenvalue weighted by molar-refractivity contribution is 7.80. The lowest BCUT2D eigenvalue weighted by atomic mass is 10.2. The first-order valence-electron chi connectivity index (χ1n) is 6.91. The van der Waals surface area contributed by atoms with Crippen molar-refractivity contribution in [3.05, 3.63) is 53.5 Å². The van der Waals surface area contributed by atoms with Crippen molar-refractivity contribution in [3.8, 4) is 23.2 Å². The lowest BCUT2D eigenvalue weighted by Crippen LogP contribution is -2.16. The first-order valence-corrected chi connectivity index (χ1v) is 8.17. The van der Waals surface area contributed by atoms with E-state index in [4.69, 9.17) is 11.0 Å². The first kappa shape index (κ1) is 25.1. The van der Waals surface area contributed by atoms with E-state index in [-0.39, 0.29) is 18.1 Å². The Labute approximate surface area is 168 Å². The van der Waals surface area contributed by atoms with E-state index < -0.39 is 6.36 Å². The number of nitrogens with two attached hydrogens (primary N) is 1. The summed E-state index contributed by atoms with van der Waals surface area (Å²) in [4.78, 5) is 9.10. The number of hydrogen-bond acceptors (Lipinski definition) is 7. The van der Waals surface area contributed by atoms with Gasteiger partial charge in [-0.3, -0.25) is 4.98 Å². The van der Waals surface area contributed by atoms with E-state index >= 15 is 0 Å². The van der Waals surface area contributed by atoms with Crippen LogP contribution < -0.4 is 10.5 Å². The molecule has 0 bridgehead atoms. The fourth-order valence-electron chi connectivity index (χ4n) is 1.77. The number of ether oxygens (including phenoxy) is 1. The van der Waals surface area contributed by atoms with E-state index in [1.807, 2.05) is 12.1 Å². The number of alkyl halides is 3. The minimum atomic E-state index is -4.64. The molecule has 0 aliphatic heterocycles. The smallest absolute Gasteiger partial charge is 0.412 e. The van der Waals surface area contributed by atoms with E-state index in [0.29, 0.717) is 26.3 Å². The van der Waals surface area contributed by atoms with Gasteiger partial charge in [-0.2, -0.15) is 5.26 Å². The van der Waals surface area contributed by atoms with E-state index in [2.05, 4.69) is 33.4 Å². The number of nitrogens with zero attached hydrogens (tertiary/aromatic N) is 3. The number of hydrogen-bond donors (Lipinski definition) is 2. The van der Waals surface area contributed by atoms with Crippen LogP contribution in [0.25, 0.3) is 11.4 Å². The van der Waals surface area contributed by atoms with E-state index in [9.17, 15) is 13.2 Å². The zero-order chi connectivity index (χ0) is 19.2. The van der Waals surface area contributed by atoms with Gasteiger partial charge in [0.1, 0.15) is 22.4 Å². The van der Waals surface area contributed by atoms with Crippen LogP contribution in [-0.2, 0) is 0 Å². The van der Waals surface area contributed by atoms with Gasteiger partial charge >= 0.3 is 6.36 Å². The zero-order valence-corrected chi connectivity index (χ0v) is 15.6. The molecule has 0 saturated carbocycles.